The molecule has 0 unspecified atom stereocenters. The second kappa shape index (κ2) is 7.89. The number of rotatable bonds is 5. The Labute approximate surface area is 161 Å². The van der Waals surface area contributed by atoms with Crippen molar-refractivity contribution < 1.29 is 13.2 Å². The minimum absolute atomic E-state index is 0.0162. The Morgan fingerprint density at radius 1 is 0.963 bits per heavy atom. The average molecular weight is 395 g/mol. The minimum Gasteiger partial charge on any atom is -0.332 e. The van der Waals surface area contributed by atoms with Crippen LogP contribution in [0, 0.1) is 0 Å². The van der Waals surface area contributed by atoms with Crippen LogP contribution in [-0.4, -0.2) is 51.5 Å². The number of hydrogen-bond acceptors (Lipinski definition) is 5. The van der Waals surface area contributed by atoms with Crippen molar-refractivity contribution in [3.8, 4) is 0 Å². The number of aromatic nitrogens is 3. The zero-order valence-corrected chi connectivity index (χ0v) is 16.8. The summed E-state index contributed by atoms with van der Waals surface area (Å²) in [6.07, 6.45) is 9.84. The standard InChI is InChI=1S/C19H30N4O3S/c24-18(11-14-27(25,26)15-7-3-4-8-15)22-13-6-9-16(22)19-21-20-17-10-2-1-5-12-23(17)19/h15-16H,1-14H2/t16-/m1/s1. The lowest BCUT2D eigenvalue weighted by molar-refractivity contribution is -0.131. The molecule has 3 aliphatic rings. The molecule has 0 spiro atoms. The van der Waals surface area contributed by atoms with E-state index in [0.717, 1.165) is 76.0 Å². The molecule has 3 heterocycles. The highest BCUT2D eigenvalue weighted by molar-refractivity contribution is 7.92. The van der Waals surface area contributed by atoms with Crippen molar-refractivity contribution in [2.45, 2.75) is 88.5 Å². The van der Waals surface area contributed by atoms with E-state index >= 15 is 0 Å². The van der Waals surface area contributed by atoms with Crippen LogP contribution in [0.5, 0.6) is 0 Å². The van der Waals surface area contributed by atoms with Crippen molar-refractivity contribution in [1.29, 1.82) is 0 Å². The zero-order chi connectivity index (χ0) is 18.9. The minimum atomic E-state index is -3.16. The van der Waals surface area contributed by atoms with Crippen molar-refractivity contribution in [2.24, 2.45) is 0 Å². The lowest BCUT2D eigenvalue weighted by Crippen LogP contribution is -2.34. The Morgan fingerprint density at radius 2 is 1.78 bits per heavy atom. The van der Waals surface area contributed by atoms with E-state index in [0.29, 0.717) is 6.54 Å². The van der Waals surface area contributed by atoms with Crippen molar-refractivity contribution in [3.63, 3.8) is 0 Å². The van der Waals surface area contributed by atoms with Crippen molar-refractivity contribution >= 4 is 15.7 Å². The van der Waals surface area contributed by atoms with Gasteiger partial charge in [0.05, 0.1) is 17.0 Å². The third-order valence-electron chi connectivity index (χ3n) is 6.42. The lowest BCUT2D eigenvalue weighted by atomic mass is 10.2. The third kappa shape index (κ3) is 3.91. The van der Waals surface area contributed by atoms with Crippen LogP contribution in [-0.2, 0) is 27.6 Å². The van der Waals surface area contributed by atoms with Gasteiger partial charge in [-0.15, -0.1) is 10.2 Å². The van der Waals surface area contributed by atoms with E-state index < -0.39 is 9.84 Å². The first-order valence-corrected chi connectivity index (χ1v) is 12.2. The Balaban J connectivity index is 1.44. The van der Waals surface area contributed by atoms with Gasteiger partial charge in [-0.05, 0) is 38.5 Å². The first kappa shape index (κ1) is 18.9. The summed E-state index contributed by atoms with van der Waals surface area (Å²) in [4.78, 5) is 14.7. The molecule has 2 aliphatic heterocycles. The van der Waals surface area contributed by atoms with Crippen LogP contribution in [0.3, 0.4) is 0 Å². The topological polar surface area (TPSA) is 85.2 Å². The van der Waals surface area contributed by atoms with Gasteiger partial charge in [-0.3, -0.25) is 4.79 Å². The van der Waals surface area contributed by atoms with E-state index in [4.69, 9.17) is 0 Å². The van der Waals surface area contributed by atoms with Gasteiger partial charge < -0.3 is 9.47 Å². The van der Waals surface area contributed by atoms with Gasteiger partial charge >= 0.3 is 0 Å². The molecule has 4 rings (SSSR count). The van der Waals surface area contributed by atoms with E-state index in [-0.39, 0.29) is 29.4 Å². The number of fused-ring (bicyclic) bond motifs is 1. The van der Waals surface area contributed by atoms with Gasteiger partial charge in [-0.1, -0.05) is 19.3 Å². The molecule has 0 N–H and O–H groups in total. The molecule has 0 aromatic carbocycles. The van der Waals surface area contributed by atoms with Crippen LogP contribution in [0.4, 0.5) is 0 Å². The normalized spacial score (nSPS) is 24.1. The summed E-state index contributed by atoms with van der Waals surface area (Å²) >= 11 is 0. The first-order chi connectivity index (χ1) is 13.1. The molecule has 8 heteroatoms. The number of amides is 1. The summed E-state index contributed by atoms with van der Waals surface area (Å²) in [5, 5.41) is 8.57. The molecule has 2 fully saturated rings. The predicted octanol–water partition coefficient (Wildman–Crippen LogP) is 2.42. The molecular weight excluding hydrogens is 364 g/mol. The van der Waals surface area contributed by atoms with Gasteiger partial charge in [0, 0.05) is 25.9 Å². The third-order valence-corrected chi connectivity index (χ3v) is 8.68. The van der Waals surface area contributed by atoms with Crippen molar-refractivity contribution in [1.82, 2.24) is 19.7 Å². The van der Waals surface area contributed by atoms with Crippen LogP contribution in [0.25, 0.3) is 0 Å². The molecular formula is C19H30N4O3S. The largest absolute Gasteiger partial charge is 0.332 e. The Kier molecular flexibility index (Phi) is 5.53. The number of carbonyl (C=O) groups is 1. The molecule has 1 saturated heterocycles. The first-order valence-electron chi connectivity index (χ1n) is 10.5. The maximum atomic E-state index is 12.9. The number of hydrogen-bond donors (Lipinski definition) is 0. The highest BCUT2D eigenvalue weighted by Gasteiger charge is 2.35. The molecule has 1 aromatic heterocycles. The van der Waals surface area contributed by atoms with Crippen LogP contribution < -0.4 is 0 Å². The molecule has 1 atom stereocenters. The van der Waals surface area contributed by atoms with E-state index in [1.54, 1.807) is 0 Å². The van der Waals surface area contributed by atoms with E-state index in [2.05, 4.69) is 14.8 Å². The fraction of sp³-hybridized carbons (Fsp3) is 0.842. The number of nitrogens with zero attached hydrogens (tertiary/aromatic N) is 4. The molecule has 0 radical (unpaired) electrons. The van der Waals surface area contributed by atoms with Gasteiger partial charge in [0.2, 0.25) is 5.91 Å². The van der Waals surface area contributed by atoms with Crippen LogP contribution in [0.2, 0.25) is 0 Å². The number of aryl methyl sites for hydroxylation is 1. The summed E-state index contributed by atoms with van der Waals surface area (Å²) in [6, 6.07) is -0.0500. The van der Waals surface area contributed by atoms with Crippen molar-refractivity contribution in [2.75, 3.05) is 12.3 Å². The molecule has 1 aromatic rings. The zero-order valence-electron chi connectivity index (χ0n) is 16.0. The fourth-order valence-corrected chi connectivity index (χ4v) is 6.72. The molecule has 0 bridgehead atoms. The molecule has 150 valence electrons. The number of carbonyl (C=O) groups excluding carboxylic acids is 1. The van der Waals surface area contributed by atoms with Gasteiger partial charge in [0.15, 0.2) is 15.7 Å². The van der Waals surface area contributed by atoms with E-state index in [1.165, 1.54) is 6.42 Å². The highest BCUT2D eigenvalue weighted by atomic mass is 32.2. The van der Waals surface area contributed by atoms with E-state index in [9.17, 15) is 13.2 Å². The van der Waals surface area contributed by atoms with Crippen LogP contribution in [0.15, 0.2) is 0 Å². The Morgan fingerprint density at radius 3 is 2.59 bits per heavy atom. The summed E-state index contributed by atoms with van der Waals surface area (Å²) in [5.74, 6) is 1.87. The quantitative estimate of drug-likeness (QED) is 0.766. The second-order valence-corrected chi connectivity index (χ2v) is 10.6. The van der Waals surface area contributed by atoms with Crippen LogP contribution in [0.1, 0.15) is 81.9 Å². The molecule has 1 saturated carbocycles. The van der Waals surface area contributed by atoms with Gasteiger partial charge in [-0.2, -0.15) is 0 Å². The summed E-state index contributed by atoms with van der Waals surface area (Å²) < 4.78 is 27.2. The number of likely N-dealkylation sites (tertiary alicyclic amines) is 1. The summed E-state index contributed by atoms with van der Waals surface area (Å²) in [7, 11) is -3.16. The Bertz CT molecular complexity index is 783. The fourth-order valence-electron chi connectivity index (χ4n) is 4.88. The molecule has 1 aliphatic carbocycles. The average Bonchev–Trinajstić information content (AvgIpc) is 3.38. The monoisotopic (exact) mass is 394 g/mol. The Hall–Kier alpha value is -1.44. The predicted molar refractivity (Wildman–Crippen MR) is 102 cm³/mol. The maximum Gasteiger partial charge on any atom is 0.224 e. The molecule has 27 heavy (non-hydrogen) atoms. The van der Waals surface area contributed by atoms with E-state index in [1.807, 2.05) is 4.90 Å². The van der Waals surface area contributed by atoms with Gasteiger partial charge in [0.25, 0.3) is 0 Å². The van der Waals surface area contributed by atoms with Crippen molar-refractivity contribution in [3.05, 3.63) is 11.6 Å². The van der Waals surface area contributed by atoms with Crippen LogP contribution >= 0.6 is 0 Å². The second-order valence-electron chi connectivity index (χ2n) is 8.21. The summed E-state index contributed by atoms with van der Waals surface area (Å²) in [5.41, 5.74) is 0. The molecule has 1 amide bonds. The maximum absolute atomic E-state index is 12.9. The SMILES string of the molecule is O=C(CCS(=O)(=O)C1CCCC1)N1CCC[C@@H]1c1nnc2n1CCCCC2. The smallest absolute Gasteiger partial charge is 0.224 e. The lowest BCUT2D eigenvalue weighted by Gasteiger charge is -2.25. The van der Waals surface area contributed by atoms with Gasteiger partial charge in [-0.25, -0.2) is 8.42 Å². The van der Waals surface area contributed by atoms with Gasteiger partial charge in [0.1, 0.15) is 5.82 Å². The number of sulfone groups is 1. The highest BCUT2D eigenvalue weighted by Crippen LogP contribution is 2.33. The molecule has 7 nitrogen and oxygen atoms in total. The summed E-state index contributed by atoms with van der Waals surface area (Å²) in [6.45, 7) is 1.61.